The Kier molecular flexibility index (Phi) is 2.41. The van der Waals surface area contributed by atoms with Crippen molar-refractivity contribution in [2.24, 2.45) is 0 Å². The van der Waals surface area contributed by atoms with Gasteiger partial charge in [0.1, 0.15) is 11.6 Å². The summed E-state index contributed by atoms with van der Waals surface area (Å²) in [6.07, 6.45) is 2.62. The molecule has 0 atom stereocenters. The molecule has 0 saturated heterocycles. The summed E-state index contributed by atoms with van der Waals surface area (Å²) in [7, 11) is 0. The Morgan fingerprint density at radius 3 is 2.87 bits per heavy atom. The maximum absolute atomic E-state index is 5.62. The smallest absolute Gasteiger partial charge is 0.138 e. The first-order chi connectivity index (χ1) is 7.20. The Bertz CT molecular complexity index is 473. The lowest BCUT2D eigenvalue weighted by molar-refractivity contribution is 1.04. The van der Waals surface area contributed by atoms with E-state index in [0.717, 1.165) is 29.2 Å². The molecular weight excluding hydrogens is 188 g/mol. The number of hydrogen-bond acceptors (Lipinski definition) is 3. The molecule has 0 fully saturated rings. The van der Waals surface area contributed by atoms with Crippen molar-refractivity contribution in [2.75, 3.05) is 5.73 Å². The van der Waals surface area contributed by atoms with Crippen molar-refractivity contribution in [1.29, 1.82) is 0 Å². The van der Waals surface area contributed by atoms with Gasteiger partial charge >= 0.3 is 0 Å². The summed E-state index contributed by atoms with van der Waals surface area (Å²) in [4.78, 5) is 11.7. The molecule has 0 aromatic carbocycles. The van der Waals surface area contributed by atoms with Gasteiger partial charge in [0.05, 0.1) is 5.69 Å². The number of anilines is 1. The van der Waals surface area contributed by atoms with Crippen molar-refractivity contribution in [3.8, 4) is 11.4 Å². The largest absolute Gasteiger partial charge is 0.384 e. The van der Waals surface area contributed by atoms with Gasteiger partial charge in [-0.1, -0.05) is 6.92 Å². The highest BCUT2D eigenvalue weighted by atomic mass is 14.9. The lowest BCUT2D eigenvalue weighted by atomic mass is 10.2. The van der Waals surface area contributed by atoms with E-state index in [0.29, 0.717) is 5.82 Å². The van der Waals surface area contributed by atoms with E-state index in [1.807, 2.05) is 19.1 Å². The maximum Gasteiger partial charge on any atom is 0.138 e. The van der Waals surface area contributed by atoms with Gasteiger partial charge < -0.3 is 10.7 Å². The molecular formula is C11H14N4. The number of rotatable bonds is 2. The van der Waals surface area contributed by atoms with E-state index in [4.69, 9.17) is 5.73 Å². The zero-order valence-corrected chi connectivity index (χ0v) is 8.91. The van der Waals surface area contributed by atoms with Crippen LogP contribution < -0.4 is 5.73 Å². The Labute approximate surface area is 88.6 Å². The van der Waals surface area contributed by atoms with Gasteiger partial charge in [-0.3, -0.25) is 0 Å². The van der Waals surface area contributed by atoms with E-state index in [9.17, 15) is 0 Å². The van der Waals surface area contributed by atoms with Crippen LogP contribution in [0.5, 0.6) is 0 Å². The number of imidazole rings is 1. The van der Waals surface area contributed by atoms with E-state index < -0.39 is 0 Å². The van der Waals surface area contributed by atoms with Gasteiger partial charge in [-0.15, -0.1) is 0 Å². The van der Waals surface area contributed by atoms with Crippen LogP contribution in [0.25, 0.3) is 11.4 Å². The van der Waals surface area contributed by atoms with Gasteiger partial charge in [0, 0.05) is 17.5 Å². The summed E-state index contributed by atoms with van der Waals surface area (Å²) in [6.45, 7) is 4.12. The number of nitrogens with one attached hydrogen (secondary N) is 1. The Balaban J connectivity index is 2.45. The molecule has 0 saturated carbocycles. The maximum atomic E-state index is 5.62. The topological polar surface area (TPSA) is 67.6 Å². The van der Waals surface area contributed by atoms with E-state index in [-0.39, 0.29) is 0 Å². The molecule has 78 valence electrons. The zero-order chi connectivity index (χ0) is 10.8. The van der Waals surface area contributed by atoms with Crippen molar-refractivity contribution in [3.63, 3.8) is 0 Å². The Morgan fingerprint density at radius 1 is 1.47 bits per heavy atom. The summed E-state index contributed by atoms with van der Waals surface area (Å²) >= 11 is 0. The predicted molar refractivity (Wildman–Crippen MR) is 60.3 cm³/mol. The average Bonchev–Trinajstić information content (AvgIpc) is 2.60. The minimum absolute atomic E-state index is 0.514. The minimum atomic E-state index is 0.514. The summed E-state index contributed by atoms with van der Waals surface area (Å²) < 4.78 is 0. The number of nitrogens with zero attached hydrogens (tertiary/aromatic N) is 2. The minimum Gasteiger partial charge on any atom is -0.384 e. The summed E-state index contributed by atoms with van der Waals surface area (Å²) in [5, 5.41) is 0. The van der Waals surface area contributed by atoms with E-state index in [1.165, 1.54) is 0 Å². The molecule has 15 heavy (non-hydrogen) atoms. The van der Waals surface area contributed by atoms with Crippen LogP contribution in [0.3, 0.4) is 0 Å². The van der Waals surface area contributed by atoms with Gasteiger partial charge in [0.2, 0.25) is 0 Å². The van der Waals surface area contributed by atoms with E-state index in [1.54, 1.807) is 6.20 Å². The molecule has 2 heterocycles. The molecule has 0 bridgehead atoms. The van der Waals surface area contributed by atoms with Crippen molar-refractivity contribution in [3.05, 3.63) is 29.7 Å². The lowest BCUT2D eigenvalue weighted by Crippen LogP contribution is -1.90. The van der Waals surface area contributed by atoms with Crippen LogP contribution in [0.15, 0.2) is 18.3 Å². The van der Waals surface area contributed by atoms with Gasteiger partial charge in [-0.2, -0.15) is 0 Å². The second-order valence-electron chi connectivity index (χ2n) is 3.48. The van der Waals surface area contributed by atoms with E-state index in [2.05, 4.69) is 21.9 Å². The molecule has 0 spiro atoms. The Morgan fingerprint density at radius 2 is 2.27 bits per heavy atom. The number of aromatic nitrogens is 3. The van der Waals surface area contributed by atoms with Crippen LogP contribution in [-0.2, 0) is 6.42 Å². The number of nitrogen functional groups attached to an aromatic ring is 1. The highest BCUT2D eigenvalue weighted by molar-refractivity contribution is 5.59. The van der Waals surface area contributed by atoms with Crippen molar-refractivity contribution in [1.82, 2.24) is 15.0 Å². The number of pyridine rings is 1. The first-order valence-electron chi connectivity index (χ1n) is 4.98. The van der Waals surface area contributed by atoms with Crippen molar-refractivity contribution >= 4 is 5.82 Å². The van der Waals surface area contributed by atoms with Crippen LogP contribution in [-0.4, -0.2) is 15.0 Å². The summed E-state index contributed by atoms with van der Waals surface area (Å²) in [5.41, 5.74) is 8.81. The second kappa shape index (κ2) is 3.73. The molecule has 0 amide bonds. The van der Waals surface area contributed by atoms with Crippen LogP contribution in [0.4, 0.5) is 5.82 Å². The molecule has 4 nitrogen and oxygen atoms in total. The number of aromatic amines is 1. The highest BCUT2D eigenvalue weighted by Gasteiger charge is 2.06. The third kappa shape index (κ3) is 1.83. The van der Waals surface area contributed by atoms with Crippen molar-refractivity contribution < 1.29 is 0 Å². The number of nitrogens with two attached hydrogens (primary N) is 1. The van der Waals surface area contributed by atoms with Crippen LogP contribution in [0, 0.1) is 6.92 Å². The molecule has 2 rings (SSSR count). The van der Waals surface area contributed by atoms with Gasteiger partial charge in [-0.25, -0.2) is 9.97 Å². The molecule has 2 aromatic rings. The predicted octanol–water partition coefficient (Wildman–Crippen LogP) is 1.92. The molecule has 0 aliphatic rings. The van der Waals surface area contributed by atoms with E-state index >= 15 is 0 Å². The molecule has 0 aliphatic carbocycles. The fraction of sp³-hybridized carbons (Fsp3) is 0.273. The molecule has 4 heteroatoms. The first-order valence-corrected chi connectivity index (χ1v) is 4.98. The van der Waals surface area contributed by atoms with Crippen LogP contribution in [0.1, 0.15) is 18.3 Å². The average molecular weight is 202 g/mol. The van der Waals surface area contributed by atoms with Gasteiger partial charge in [0.15, 0.2) is 0 Å². The lowest BCUT2D eigenvalue weighted by Gasteiger charge is -1.96. The zero-order valence-electron chi connectivity index (χ0n) is 8.91. The summed E-state index contributed by atoms with van der Waals surface area (Å²) in [6, 6.07) is 3.71. The standard InChI is InChI=1S/C11H14N4/c1-3-9-7(2)14-11(15-9)8-4-5-13-10(12)6-8/h4-6H,3H2,1-2H3,(H2,12,13)(H,14,15). The second-order valence-corrected chi connectivity index (χ2v) is 3.48. The molecule has 3 N–H and O–H groups in total. The fourth-order valence-corrected chi connectivity index (χ4v) is 1.57. The van der Waals surface area contributed by atoms with Gasteiger partial charge in [0.25, 0.3) is 0 Å². The molecule has 0 radical (unpaired) electrons. The van der Waals surface area contributed by atoms with Crippen LogP contribution in [0.2, 0.25) is 0 Å². The van der Waals surface area contributed by atoms with Gasteiger partial charge in [-0.05, 0) is 25.5 Å². The molecule has 2 aromatic heterocycles. The highest BCUT2D eigenvalue weighted by Crippen LogP contribution is 2.18. The van der Waals surface area contributed by atoms with Crippen molar-refractivity contribution in [2.45, 2.75) is 20.3 Å². The molecule has 0 unspecified atom stereocenters. The number of hydrogen-bond donors (Lipinski definition) is 2. The monoisotopic (exact) mass is 202 g/mol. The third-order valence-corrected chi connectivity index (χ3v) is 2.37. The Hall–Kier alpha value is -1.84. The normalized spacial score (nSPS) is 10.5. The number of aryl methyl sites for hydroxylation is 2. The first kappa shape index (κ1) is 9.71. The fourth-order valence-electron chi connectivity index (χ4n) is 1.57. The molecule has 0 aliphatic heterocycles. The SMILES string of the molecule is CCc1nc(-c2ccnc(N)c2)[nH]c1C. The third-order valence-electron chi connectivity index (χ3n) is 2.37. The summed E-state index contributed by atoms with van der Waals surface area (Å²) in [5.74, 6) is 1.37. The van der Waals surface area contributed by atoms with Crippen LogP contribution >= 0.6 is 0 Å². The number of H-pyrrole nitrogens is 1. The quantitative estimate of drug-likeness (QED) is 0.781.